The predicted octanol–water partition coefficient (Wildman–Crippen LogP) is 4.24. The highest BCUT2D eigenvalue weighted by Crippen LogP contribution is 2.26. The van der Waals surface area contributed by atoms with Crippen molar-refractivity contribution in [1.29, 1.82) is 0 Å². The number of aromatic nitrogens is 2. The maximum atomic E-state index is 14.8. The number of benzene rings is 1. The molecule has 7 nitrogen and oxygen atoms in total. The molecule has 0 saturated carbocycles. The van der Waals surface area contributed by atoms with Crippen molar-refractivity contribution in [1.82, 2.24) is 20.4 Å². The van der Waals surface area contributed by atoms with Gasteiger partial charge in [0.05, 0.1) is 5.69 Å². The summed E-state index contributed by atoms with van der Waals surface area (Å²) in [7, 11) is 3.52. The van der Waals surface area contributed by atoms with Gasteiger partial charge in [-0.3, -0.25) is 4.68 Å². The van der Waals surface area contributed by atoms with E-state index in [1.807, 2.05) is 7.05 Å². The standard InChI is InChI=1S/C24H35F2N7/c1-13(2)9-19(12-28-7)30-24(15(4)25)31-23(14(3)16(5)27)29-18-10-20-17(6)32-33(8)22(20)21(26)11-18/h10-11,13,19,28,30H,3,5,9,12,27H2,1-2,4,6-8H3,(H,29,31)/b24-15+. The van der Waals surface area contributed by atoms with Crippen molar-refractivity contribution in [3.8, 4) is 0 Å². The van der Waals surface area contributed by atoms with Crippen molar-refractivity contribution in [2.75, 3.05) is 18.9 Å². The molecule has 2 aromatic rings. The summed E-state index contributed by atoms with van der Waals surface area (Å²) in [5, 5.41) is 14.2. The lowest BCUT2D eigenvalue weighted by Gasteiger charge is -2.22. The minimum Gasteiger partial charge on any atom is -0.399 e. The Morgan fingerprint density at radius 3 is 2.52 bits per heavy atom. The molecule has 2 rings (SSSR count). The van der Waals surface area contributed by atoms with Gasteiger partial charge in [0.1, 0.15) is 17.2 Å². The molecule has 5 N–H and O–H groups in total. The summed E-state index contributed by atoms with van der Waals surface area (Å²) in [6.07, 6.45) is 0.808. The van der Waals surface area contributed by atoms with E-state index in [0.717, 1.165) is 6.42 Å². The number of aryl methyl sites for hydroxylation is 2. The van der Waals surface area contributed by atoms with Gasteiger partial charge in [-0.2, -0.15) is 5.10 Å². The summed E-state index contributed by atoms with van der Waals surface area (Å²) >= 11 is 0. The zero-order valence-electron chi connectivity index (χ0n) is 20.3. The van der Waals surface area contributed by atoms with Crippen LogP contribution in [0.25, 0.3) is 10.9 Å². The molecule has 0 radical (unpaired) electrons. The van der Waals surface area contributed by atoms with Crippen molar-refractivity contribution in [3.05, 3.63) is 59.7 Å². The fourth-order valence-corrected chi connectivity index (χ4v) is 3.59. The summed E-state index contributed by atoms with van der Waals surface area (Å²) in [5.74, 6) is -0.347. The lowest BCUT2D eigenvalue weighted by Crippen LogP contribution is -2.38. The fourth-order valence-electron chi connectivity index (χ4n) is 3.59. The van der Waals surface area contributed by atoms with E-state index in [2.05, 4.69) is 53.0 Å². The molecule has 1 aromatic heterocycles. The molecule has 1 aromatic carbocycles. The van der Waals surface area contributed by atoms with E-state index in [4.69, 9.17) is 5.73 Å². The highest BCUT2D eigenvalue weighted by atomic mass is 19.1. The van der Waals surface area contributed by atoms with Crippen LogP contribution in [0.3, 0.4) is 0 Å². The van der Waals surface area contributed by atoms with Gasteiger partial charge in [0.25, 0.3) is 0 Å². The van der Waals surface area contributed by atoms with Crippen molar-refractivity contribution >= 4 is 22.4 Å². The minimum atomic E-state index is -0.501. The molecule has 180 valence electrons. The maximum absolute atomic E-state index is 14.8. The summed E-state index contributed by atoms with van der Waals surface area (Å²) < 4.78 is 30.8. The van der Waals surface area contributed by atoms with E-state index >= 15 is 0 Å². The molecular weight excluding hydrogens is 424 g/mol. The molecular formula is C24H35F2N7. The van der Waals surface area contributed by atoms with Gasteiger partial charge >= 0.3 is 0 Å². The number of allylic oxidation sites excluding steroid dienone is 1. The molecule has 1 heterocycles. The Labute approximate surface area is 194 Å². The Morgan fingerprint density at radius 2 is 1.97 bits per heavy atom. The van der Waals surface area contributed by atoms with E-state index in [-0.39, 0.29) is 29.0 Å². The second-order valence-corrected chi connectivity index (χ2v) is 8.56. The normalized spacial score (nSPS) is 13.8. The van der Waals surface area contributed by atoms with Crippen LogP contribution in [0.4, 0.5) is 14.5 Å². The van der Waals surface area contributed by atoms with Gasteiger partial charge in [-0.1, -0.05) is 27.0 Å². The summed E-state index contributed by atoms with van der Waals surface area (Å²) in [4.78, 5) is 4.45. The van der Waals surface area contributed by atoms with E-state index in [1.165, 1.54) is 17.7 Å². The van der Waals surface area contributed by atoms with Crippen LogP contribution >= 0.6 is 0 Å². The van der Waals surface area contributed by atoms with Crippen molar-refractivity contribution in [2.45, 2.75) is 40.2 Å². The van der Waals surface area contributed by atoms with Gasteiger partial charge in [-0.25, -0.2) is 13.8 Å². The first kappa shape index (κ1) is 26.1. The number of nitrogens with zero attached hydrogens (tertiary/aromatic N) is 3. The number of amidine groups is 1. The summed E-state index contributed by atoms with van der Waals surface area (Å²) in [6.45, 7) is 15.6. The largest absolute Gasteiger partial charge is 0.399 e. The number of rotatable bonds is 10. The summed E-state index contributed by atoms with van der Waals surface area (Å²) in [5.41, 5.74) is 7.77. The number of halogens is 2. The third-order valence-electron chi connectivity index (χ3n) is 5.11. The van der Waals surface area contributed by atoms with Gasteiger partial charge in [0.15, 0.2) is 11.6 Å². The molecule has 1 atom stereocenters. The van der Waals surface area contributed by atoms with Gasteiger partial charge in [-0.05, 0) is 45.4 Å². The molecule has 0 bridgehead atoms. The Hall–Kier alpha value is -3.20. The van der Waals surface area contributed by atoms with Crippen LogP contribution in [0.1, 0.15) is 32.9 Å². The van der Waals surface area contributed by atoms with Crippen LogP contribution in [-0.2, 0) is 7.05 Å². The smallest absolute Gasteiger partial charge is 0.160 e. The number of likely N-dealkylation sites (N-methyl/N-ethyl adjacent to an activating group) is 1. The Bertz CT molecular complexity index is 1090. The molecule has 33 heavy (non-hydrogen) atoms. The number of fused-ring (bicyclic) bond motifs is 1. The molecule has 0 saturated heterocycles. The van der Waals surface area contributed by atoms with Crippen LogP contribution in [0.15, 0.2) is 53.2 Å². The first-order valence-electron chi connectivity index (χ1n) is 10.8. The second kappa shape index (κ2) is 11.1. The first-order valence-corrected chi connectivity index (χ1v) is 10.8. The average Bonchev–Trinajstić information content (AvgIpc) is 2.99. The highest BCUT2D eigenvalue weighted by Gasteiger charge is 2.17. The number of hydrogen-bond donors (Lipinski definition) is 4. The number of hydrogen-bond acceptors (Lipinski definition) is 5. The Kier molecular flexibility index (Phi) is 8.76. The minimum absolute atomic E-state index is 0.0416. The van der Waals surface area contributed by atoms with Crippen molar-refractivity contribution in [3.63, 3.8) is 0 Å². The third kappa shape index (κ3) is 6.64. The topological polar surface area (TPSA) is 92.3 Å². The van der Waals surface area contributed by atoms with Crippen LogP contribution in [0.2, 0.25) is 0 Å². The Balaban J connectivity index is 2.49. The molecule has 9 heteroatoms. The molecule has 0 fully saturated rings. The third-order valence-corrected chi connectivity index (χ3v) is 5.11. The van der Waals surface area contributed by atoms with Gasteiger partial charge < -0.3 is 21.7 Å². The fraction of sp³-hybridized carbons (Fsp3) is 0.417. The lowest BCUT2D eigenvalue weighted by molar-refractivity contribution is 0.425. The molecule has 0 spiro atoms. The van der Waals surface area contributed by atoms with Gasteiger partial charge in [0.2, 0.25) is 0 Å². The van der Waals surface area contributed by atoms with E-state index < -0.39 is 11.6 Å². The Morgan fingerprint density at radius 1 is 1.30 bits per heavy atom. The molecule has 0 amide bonds. The number of nitrogens with two attached hydrogens (primary N) is 1. The van der Waals surface area contributed by atoms with Crippen LogP contribution in [-0.4, -0.2) is 35.3 Å². The second-order valence-electron chi connectivity index (χ2n) is 8.56. The quantitative estimate of drug-likeness (QED) is 0.242. The highest BCUT2D eigenvalue weighted by molar-refractivity contribution is 6.11. The molecule has 0 aliphatic rings. The molecule has 0 aliphatic carbocycles. The zero-order chi connectivity index (χ0) is 24.9. The van der Waals surface area contributed by atoms with Crippen molar-refractivity contribution in [2.24, 2.45) is 23.7 Å². The van der Waals surface area contributed by atoms with E-state index in [9.17, 15) is 8.78 Å². The molecule has 0 aliphatic heterocycles. The maximum Gasteiger partial charge on any atom is 0.160 e. The van der Waals surface area contributed by atoms with E-state index in [1.54, 1.807) is 20.0 Å². The SMILES string of the molecule is C=C(N)C(=C)/C(=N\C(NC(CNC)CC(C)C)=C(/C)F)Nc1cc(F)c2c(c1)c(C)nn2C. The number of aliphatic imine (C=N–C) groups is 1. The van der Waals surface area contributed by atoms with Gasteiger partial charge in [-0.15, -0.1) is 0 Å². The van der Waals surface area contributed by atoms with Crippen LogP contribution in [0.5, 0.6) is 0 Å². The molecule has 1 unspecified atom stereocenters. The average molecular weight is 460 g/mol. The van der Waals surface area contributed by atoms with Gasteiger partial charge in [0, 0.05) is 42.0 Å². The number of anilines is 1. The zero-order valence-corrected chi connectivity index (χ0v) is 20.3. The van der Waals surface area contributed by atoms with Crippen molar-refractivity contribution < 1.29 is 8.78 Å². The van der Waals surface area contributed by atoms with Crippen LogP contribution in [0, 0.1) is 18.7 Å². The summed E-state index contributed by atoms with van der Waals surface area (Å²) in [6, 6.07) is 3.03. The predicted molar refractivity (Wildman–Crippen MR) is 133 cm³/mol. The lowest BCUT2D eigenvalue weighted by atomic mass is 10.0. The monoisotopic (exact) mass is 459 g/mol. The van der Waals surface area contributed by atoms with Crippen LogP contribution < -0.4 is 21.7 Å². The number of nitrogens with one attached hydrogen (secondary N) is 3. The van der Waals surface area contributed by atoms with E-state index in [0.29, 0.717) is 34.7 Å². The first-order chi connectivity index (χ1) is 15.4.